The summed E-state index contributed by atoms with van der Waals surface area (Å²) in [5, 5.41) is 15.4. The molecule has 5 aromatic carbocycles. The van der Waals surface area contributed by atoms with E-state index >= 15 is 0 Å². The molecule has 0 fully saturated rings. The lowest BCUT2D eigenvalue weighted by Gasteiger charge is -2.13. The first-order valence-electron chi connectivity index (χ1n) is 13.7. The fourth-order valence-corrected chi connectivity index (χ4v) is 4.53. The second-order valence-electron chi connectivity index (χ2n) is 10.3. The minimum absolute atomic E-state index is 0.172. The number of esters is 1. The van der Waals surface area contributed by atoms with E-state index in [9.17, 15) is 19.5 Å². The van der Waals surface area contributed by atoms with Gasteiger partial charge in [0.05, 0.1) is 5.56 Å². The summed E-state index contributed by atoms with van der Waals surface area (Å²) in [7, 11) is 0. The normalized spacial score (nSPS) is 10.6. The van der Waals surface area contributed by atoms with Crippen molar-refractivity contribution in [3.05, 3.63) is 143 Å². The Kier molecular flexibility index (Phi) is 8.34. The van der Waals surface area contributed by atoms with Crippen LogP contribution in [0.1, 0.15) is 47.8 Å². The molecule has 0 aliphatic rings. The van der Waals surface area contributed by atoms with Gasteiger partial charge >= 0.3 is 5.97 Å². The number of benzene rings is 5. The van der Waals surface area contributed by atoms with E-state index < -0.39 is 5.97 Å². The zero-order chi connectivity index (χ0) is 30.5. The average Bonchev–Trinajstić information content (AvgIpc) is 3.00. The number of carbonyl (C=O) groups is 3. The maximum atomic E-state index is 13.1. The monoisotopic (exact) mass is 570 g/mol. The molecule has 43 heavy (non-hydrogen) atoms. The van der Waals surface area contributed by atoms with Crippen molar-refractivity contribution in [1.29, 1.82) is 0 Å². The summed E-state index contributed by atoms with van der Waals surface area (Å²) in [6.45, 7) is 5.57. The van der Waals surface area contributed by atoms with Gasteiger partial charge in [-0.15, -0.1) is 0 Å². The average molecular weight is 571 g/mol. The molecule has 7 nitrogen and oxygen atoms in total. The molecule has 0 aromatic heterocycles. The Morgan fingerprint density at radius 2 is 1.33 bits per heavy atom. The number of aromatic hydroxyl groups is 1. The molecule has 5 rings (SSSR count). The van der Waals surface area contributed by atoms with Gasteiger partial charge in [0.15, 0.2) is 0 Å². The van der Waals surface area contributed by atoms with Crippen molar-refractivity contribution in [2.24, 2.45) is 0 Å². The Balaban J connectivity index is 1.27. The predicted molar refractivity (Wildman–Crippen MR) is 168 cm³/mol. The first-order chi connectivity index (χ1) is 20.7. The van der Waals surface area contributed by atoms with E-state index in [0.717, 1.165) is 22.3 Å². The van der Waals surface area contributed by atoms with Crippen LogP contribution in [0.15, 0.2) is 109 Å². The molecule has 0 unspecified atom stereocenters. The third-order valence-corrected chi connectivity index (χ3v) is 7.01. The SMILES string of the molecule is Cc1ccc(OC(=O)c2ccc(C(=O)Nc3ccc(C)c(NC(=O)c4cccc(-c5ccc(O)cc5)c4)c3)cc2C)cc1. The topological polar surface area (TPSA) is 105 Å². The van der Waals surface area contributed by atoms with Gasteiger partial charge in [-0.25, -0.2) is 4.79 Å². The molecule has 0 saturated heterocycles. The van der Waals surface area contributed by atoms with Gasteiger partial charge in [-0.1, -0.05) is 48.0 Å². The van der Waals surface area contributed by atoms with Crippen molar-refractivity contribution in [1.82, 2.24) is 0 Å². The molecule has 0 spiro atoms. The van der Waals surface area contributed by atoms with E-state index in [1.807, 2.05) is 38.1 Å². The number of carbonyl (C=O) groups excluding carboxylic acids is 3. The molecule has 0 saturated carbocycles. The number of phenolic OH excluding ortho intramolecular Hbond substituents is 1. The molecule has 0 heterocycles. The number of hydrogen-bond acceptors (Lipinski definition) is 5. The molecule has 0 radical (unpaired) electrons. The van der Waals surface area contributed by atoms with Crippen LogP contribution in [0.3, 0.4) is 0 Å². The van der Waals surface area contributed by atoms with Gasteiger partial charge in [0.2, 0.25) is 0 Å². The van der Waals surface area contributed by atoms with Crippen LogP contribution < -0.4 is 15.4 Å². The minimum Gasteiger partial charge on any atom is -0.508 e. The molecule has 0 atom stereocenters. The number of hydrogen-bond donors (Lipinski definition) is 3. The van der Waals surface area contributed by atoms with Gasteiger partial charge in [0, 0.05) is 22.5 Å². The first kappa shape index (κ1) is 28.8. The standard InChI is InChI=1S/C36H30N2O5/c1-22-7-16-31(17-8-22)43-36(42)32-18-12-28(19-24(32)3)34(40)37-29-13-9-23(2)33(21-29)38-35(41)27-6-4-5-26(20-27)25-10-14-30(39)15-11-25/h4-21,39H,1-3H3,(H,37,40)(H,38,41). The Morgan fingerprint density at radius 1 is 0.628 bits per heavy atom. The van der Waals surface area contributed by atoms with Gasteiger partial charge in [0.1, 0.15) is 11.5 Å². The number of phenols is 1. The fourth-order valence-electron chi connectivity index (χ4n) is 4.53. The van der Waals surface area contributed by atoms with E-state index in [2.05, 4.69) is 10.6 Å². The van der Waals surface area contributed by atoms with Crippen LogP contribution >= 0.6 is 0 Å². The Labute approximate surface area is 249 Å². The number of ether oxygens (including phenoxy) is 1. The molecular formula is C36H30N2O5. The van der Waals surface area contributed by atoms with Crippen LogP contribution in [0.25, 0.3) is 11.1 Å². The van der Waals surface area contributed by atoms with Crippen molar-refractivity contribution in [2.45, 2.75) is 20.8 Å². The summed E-state index contributed by atoms with van der Waals surface area (Å²) in [5.41, 5.74) is 6.49. The number of amides is 2. The van der Waals surface area contributed by atoms with Crippen LogP contribution in [-0.2, 0) is 0 Å². The van der Waals surface area contributed by atoms with E-state index in [4.69, 9.17) is 4.74 Å². The minimum atomic E-state index is -0.499. The van der Waals surface area contributed by atoms with Crippen molar-refractivity contribution >= 4 is 29.2 Å². The van der Waals surface area contributed by atoms with Crippen molar-refractivity contribution in [3.8, 4) is 22.6 Å². The van der Waals surface area contributed by atoms with E-state index in [1.165, 1.54) is 0 Å². The first-order valence-corrected chi connectivity index (χ1v) is 13.7. The van der Waals surface area contributed by atoms with E-state index in [-0.39, 0.29) is 17.6 Å². The third kappa shape index (κ3) is 6.97. The molecule has 7 heteroatoms. The van der Waals surface area contributed by atoms with Gasteiger partial charge in [-0.05, 0) is 110 Å². The highest BCUT2D eigenvalue weighted by atomic mass is 16.5. The van der Waals surface area contributed by atoms with Crippen molar-refractivity contribution in [2.75, 3.05) is 10.6 Å². The quantitative estimate of drug-likeness (QED) is 0.137. The van der Waals surface area contributed by atoms with Crippen LogP contribution in [-0.4, -0.2) is 22.9 Å². The maximum Gasteiger partial charge on any atom is 0.343 e. The third-order valence-electron chi connectivity index (χ3n) is 7.01. The zero-order valence-electron chi connectivity index (χ0n) is 24.0. The smallest absolute Gasteiger partial charge is 0.343 e. The van der Waals surface area contributed by atoms with Crippen molar-refractivity contribution in [3.63, 3.8) is 0 Å². The highest BCUT2D eigenvalue weighted by Crippen LogP contribution is 2.25. The predicted octanol–water partition coefficient (Wildman–Crippen LogP) is 7.71. The molecule has 2 amide bonds. The Bertz CT molecular complexity index is 1830. The summed E-state index contributed by atoms with van der Waals surface area (Å²) in [6.07, 6.45) is 0. The van der Waals surface area contributed by atoms with Crippen molar-refractivity contribution < 1.29 is 24.2 Å². The molecule has 0 aliphatic carbocycles. The van der Waals surface area contributed by atoms with Gasteiger partial charge in [-0.2, -0.15) is 0 Å². The number of aryl methyl sites for hydroxylation is 3. The summed E-state index contributed by atoms with van der Waals surface area (Å²) in [6, 6.07) is 31.2. The van der Waals surface area contributed by atoms with Gasteiger partial charge in [-0.3, -0.25) is 9.59 Å². The summed E-state index contributed by atoms with van der Waals surface area (Å²) < 4.78 is 5.47. The van der Waals surface area contributed by atoms with Crippen LogP contribution in [0.5, 0.6) is 11.5 Å². The zero-order valence-corrected chi connectivity index (χ0v) is 24.0. The molecule has 0 aliphatic heterocycles. The fraction of sp³-hybridized carbons (Fsp3) is 0.0833. The highest BCUT2D eigenvalue weighted by molar-refractivity contribution is 6.07. The molecule has 214 valence electrons. The molecular weight excluding hydrogens is 540 g/mol. The number of nitrogens with one attached hydrogen (secondary N) is 2. The maximum absolute atomic E-state index is 13.1. The lowest BCUT2D eigenvalue weighted by molar-refractivity contribution is 0.0733. The second-order valence-corrected chi connectivity index (χ2v) is 10.3. The highest BCUT2D eigenvalue weighted by Gasteiger charge is 2.16. The Hall–Kier alpha value is -5.69. The summed E-state index contributed by atoms with van der Waals surface area (Å²) in [4.78, 5) is 38.9. The van der Waals surface area contributed by atoms with Crippen LogP contribution in [0.4, 0.5) is 11.4 Å². The van der Waals surface area contributed by atoms with Crippen LogP contribution in [0, 0.1) is 20.8 Å². The molecule has 3 N–H and O–H groups in total. The molecule has 5 aromatic rings. The lowest BCUT2D eigenvalue weighted by atomic mass is 10.0. The number of rotatable bonds is 7. The van der Waals surface area contributed by atoms with Gasteiger partial charge in [0.25, 0.3) is 11.8 Å². The Morgan fingerprint density at radius 3 is 2.05 bits per heavy atom. The second kappa shape index (κ2) is 12.4. The lowest BCUT2D eigenvalue weighted by Crippen LogP contribution is -2.16. The summed E-state index contributed by atoms with van der Waals surface area (Å²) >= 11 is 0. The van der Waals surface area contributed by atoms with E-state index in [1.54, 1.807) is 91.9 Å². The van der Waals surface area contributed by atoms with Crippen LogP contribution in [0.2, 0.25) is 0 Å². The van der Waals surface area contributed by atoms with E-state index in [0.29, 0.717) is 39.4 Å². The summed E-state index contributed by atoms with van der Waals surface area (Å²) in [5.74, 6) is -0.531. The molecule has 0 bridgehead atoms. The number of anilines is 2. The van der Waals surface area contributed by atoms with Gasteiger partial charge < -0.3 is 20.5 Å². The largest absolute Gasteiger partial charge is 0.508 e.